The summed E-state index contributed by atoms with van der Waals surface area (Å²) >= 11 is 10.1. The summed E-state index contributed by atoms with van der Waals surface area (Å²) in [7, 11) is 0. The average molecular weight is 348 g/mol. The molecular weight excluding hydrogens is 327 g/mol. The van der Waals surface area contributed by atoms with Crippen LogP contribution in [0.5, 0.6) is 0 Å². The number of hydrogen-bond acceptors (Lipinski definition) is 0. The van der Waals surface area contributed by atoms with E-state index >= 15 is 0 Å². The molecule has 1 aliphatic rings. The molecule has 0 nitrogen and oxygen atoms in total. The third kappa shape index (κ3) is 3.33. The lowest BCUT2D eigenvalue weighted by atomic mass is 9.73. The Kier molecular flexibility index (Phi) is 4.94. The lowest BCUT2D eigenvalue weighted by molar-refractivity contribution is 0.223. The van der Waals surface area contributed by atoms with Gasteiger partial charge in [0, 0.05) is 0 Å². The molecule has 0 radical (unpaired) electrons. The molecule has 1 saturated carbocycles. The van der Waals surface area contributed by atoms with Gasteiger partial charge in [-0.2, -0.15) is 0 Å². The van der Waals surface area contributed by atoms with Crippen LogP contribution in [0.1, 0.15) is 56.9 Å². The molecule has 1 atom stereocenters. The Balaban J connectivity index is 2.28. The highest BCUT2D eigenvalue weighted by Crippen LogP contribution is 2.54. The van der Waals surface area contributed by atoms with Crippen molar-refractivity contribution in [1.82, 2.24) is 0 Å². The van der Waals surface area contributed by atoms with Gasteiger partial charge in [-0.25, -0.2) is 4.39 Å². The van der Waals surface area contributed by atoms with Crippen LogP contribution in [0.4, 0.5) is 4.39 Å². The van der Waals surface area contributed by atoms with Crippen molar-refractivity contribution in [3.05, 3.63) is 34.1 Å². The molecule has 0 saturated heterocycles. The molecule has 1 aromatic rings. The normalized spacial score (nSPS) is 19.9. The van der Waals surface area contributed by atoms with Gasteiger partial charge in [0.1, 0.15) is 5.82 Å². The fourth-order valence-electron chi connectivity index (χ4n) is 3.48. The van der Waals surface area contributed by atoms with Crippen LogP contribution in [0.2, 0.25) is 0 Å². The van der Waals surface area contributed by atoms with E-state index in [1.54, 1.807) is 0 Å². The zero-order valence-electron chi connectivity index (χ0n) is 11.6. The molecule has 1 aliphatic carbocycles. The highest BCUT2D eigenvalue weighted by atomic mass is 79.9. The van der Waals surface area contributed by atoms with E-state index in [0.717, 1.165) is 12.0 Å². The Morgan fingerprint density at radius 1 is 1.32 bits per heavy atom. The Labute approximate surface area is 128 Å². The fraction of sp³-hybridized carbons (Fsp3) is 0.625. The summed E-state index contributed by atoms with van der Waals surface area (Å²) in [5.41, 5.74) is 1.23. The SMILES string of the molecule is CC(C)CC1(C(Cl)c2ccc(F)c(Br)c2)CCCC1. The molecule has 0 bridgehead atoms. The van der Waals surface area contributed by atoms with Crippen molar-refractivity contribution < 1.29 is 4.39 Å². The van der Waals surface area contributed by atoms with Crippen LogP contribution >= 0.6 is 27.5 Å². The highest BCUT2D eigenvalue weighted by Gasteiger charge is 2.41. The first kappa shape index (κ1) is 15.3. The summed E-state index contributed by atoms with van der Waals surface area (Å²) in [4.78, 5) is 0. The minimum atomic E-state index is -0.225. The topological polar surface area (TPSA) is 0 Å². The van der Waals surface area contributed by atoms with Crippen LogP contribution < -0.4 is 0 Å². The van der Waals surface area contributed by atoms with Gasteiger partial charge >= 0.3 is 0 Å². The number of halogens is 3. The molecular formula is C16H21BrClF. The Bertz CT molecular complexity index is 438. The summed E-state index contributed by atoms with van der Waals surface area (Å²) in [6.07, 6.45) is 6.05. The molecule has 1 aromatic carbocycles. The van der Waals surface area contributed by atoms with E-state index in [4.69, 9.17) is 11.6 Å². The molecule has 1 unspecified atom stereocenters. The molecule has 0 N–H and O–H groups in total. The minimum Gasteiger partial charge on any atom is -0.206 e. The van der Waals surface area contributed by atoms with E-state index < -0.39 is 0 Å². The molecule has 106 valence electrons. The minimum absolute atomic E-state index is 0.0192. The summed E-state index contributed by atoms with van der Waals surface area (Å²) < 4.78 is 13.9. The number of benzene rings is 1. The smallest absolute Gasteiger partial charge is 0.137 e. The van der Waals surface area contributed by atoms with Crippen molar-refractivity contribution in [3.8, 4) is 0 Å². The van der Waals surface area contributed by atoms with Crippen LogP contribution in [0.15, 0.2) is 22.7 Å². The largest absolute Gasteiger partial charge is 0.206 e. The first-order chi connectivity index (χ1) is 8.94. The van der Waals surface area contributed by atoms with Gasteiger partial charge in [-0.3, -0.25) is 0 Å². The second-order valence-corrected chi connectivity index (χ2v) is 7.49. The second kappa shape index (κ2) is 6.13. The van der Waals surface area contributed by atoms with Crippen LogP contribution in [0.3, 0.4) is 0 Å². The van der Waals surface area contributed by atoms with E-state index in [9.17, 15) is 4.39 Å². The molecule has 3 heteroatoms. The summed E-state index contributed by atoms with van der Waals surface area (Å²) in [5.74, 6) is 0.417. The predicted molar refractivity (Wildman–Crippen MR) is 83.1 cm³/mol. The number of rotatable bonds is 4. The van der Waals surface area contributed by atoms with E-state index in [0.29, 0.717) is 10.4 Å². The maximum Gasteiger partial charge on any atom is 0.137 e. The molecule has 0 heterocycles. The summed E-state index contributed by atoms with van der Waals surface area (Å²) in [6, 6.07) is 5.18. The van der Waals surface area contributed by atoms with Gasteiger partial charge in [0.25, 0.3) is 0 Å². The zero-order chi connectivity index (χ0) is 14.0. The summed E-state index contributed by atoms with van der Waals surface area (Å²) in [6.45, 7) is 4.51. The Morgan fingerprint density at radius 2 is 1.95 bits per heavy atom. The maximum absolute atomic E-state index is 13.4. The van der Waals surface area contributed by atoms with Gasteiger partial charge in [-0.1, -0.05) is 32.8 Å². The van der Waals surface area contributed by atoms with Gasteiger partial charge in [0.05, 0.1) is 9.85 Å². The Hall–Kier alpha value is -0.0800. The highest BCUT2D eigenvalue weighted by molar-refractivity contribution is 9.10. The Morgan fingerprint density at radius 3 is 2.47 bits per heavy atom. The van der Waals surface area contributed by atoms with Gasteiger partial charge in [-0.05, 0) is 64.2 Å². The van der Waals surface area contributed by atoms with Crippen molar-refractivity contribution in [2.75, 3.05) is 0 Å². The molecule has 19 heavy (non-hydrogen) atoms. The lowest BCUT2D eigenvalue weighted by Crippen LogP contribution is -2.24. The molecule has 1 fully saturated rings. The molecule has 2 rings (SSSR count). The van der Waals surface area contributed by atoms with E-state index in [2.05, 4.69) is 29.8 Å². The number of hydrogen-bond donors (Lipinski definition) is 0. The standard InChI is InChI=1S/C16H21BrClF/c1-11(2)10-16(7-3-4-8-16)15(18)12-5-6-14(19)13(17)9-12/h5-6,9,11,15H,3-4,7-8,10H2,1-2H3. The molecule has 0 spiro atoms. The fourth-order valence-corrected chi connectivity index (χ4v) is 4.32. The van der Waals surface area contributed by atoms with Crippen LogP contribution in [-0.4, -0.2) is 0 Å². The monoisotopic (exact) mass is 346 g/mol. The van der Waals surface area contributed by atoms with Gasteiger partial charge in [-0.15, -0.1) is 11.6 Å². The average Bonchev–Trinajstić information content (AvgIpc) is 2.80. The number of alkyl halides is 1. The van der Waals surface area contributed by atoms with Gasteiger partial charge < -0.3 is 0 Å². The van der Waals surface area contributed by atoms with Crippen molar-refractivity contribution >= 4 is 27.5 Å². The quantitative estimate of drug-likeness (QED) is 0.547. The molecule has 0 aromatic heterocycles. The van der Waals surface area contributed by atoms with Gasteiger partial charge in [0.15, 0.2) is 0 Å². The van der Waals surface area contributed by atoms with Crippen molar-refractivity contribution in [2.24, 2.45) is 11.3 Å². The third-order valence-electron chi connectivity index (χ3n) is 4.19. The first-order valence-corrected chi connectivity index (χ1v) is 8.26. The first-order valence-electron chi connectivity index (χ1n) is 7.04. The second-order valence-electron chi connectivity index (χ2n) is 6.20. The third-order valence-corrected chi connectivity index (χ3v) is 5.51. The van der Waals surface area contributed by atoms with Crippen molar-refractivity contribution in [1.29, 1.82) is 0 Å². The zero-order valence-corrected chi connectivity index (χ0v) is 13.9. The van der Waals surface area contributed by atoms with Crippen molar-refractivity contribution in [2.45, 2.75) is 51.3 Å². The molecule has 0 amide bonds. The van der Waals surface area contributed by atoms with Crippen LogP contribution in [0, 0.1) is 17.2 Å². The van der Waals surface area contributed by atoms with Gasteiger partial charge in [0.2, 0.25) is 0 Å². The maximum atomic E-state index is 13.4. The van der Waals surface area contributed by atoms with E-state index in [-0.39, 0.29) is 16.6 Å². The summed E-state index contributed by atoms with van der Waals surface area (Å²) in [5, 5.41) is -0.0192. The van der Waals surface area contributed by atoms with Crippen molar-refractivity contribution in [3.63, 3.8) is 0 Å². The van der Waals surface area contributed by atoms with E-state index in [1.807, 2.05) is 12.1 Å². The predicted octanol–water partition coefficient (Wildman–Crippen LogP) is 6.47. The van der Waals surface area contributed by atoms with Crippen LogP contribution in [0.25, 0.3) is 0 Å². The van der Waals surface area contributed by atoms with E-state index in [1.165, 1.54) is 31.7 Å². The molecule has 0 aliphatic heterocycles. The van der Waals surface area contributed by atoms with Crippen LogP contribution in [-0.2, 0) is 0 Å². The lowest BCUT2D eigenvalue weighted by Gasteiger charge is -2.36.